The molecule has 0 saturated carbocycles. The molecule has 0 aliphatic carbocycles. The normalized spacial score (nSPS) is 16.8. The number of ether oxygens (including phenoxy) is 1. The van der Waals surface area contributed by atoms with Gasteiger partial charge in [-0.3, -0.25) is 0 Å². The van der Waals surface area contributed by atoms with Crippen LogP contribution in [0.4, 0.5) is 0 Å². The summed E-state index contributed by atoms with van der Waals surface area (Å²) in [7, 11) is 1.71. The fourth-order valence-corrected chi connectivity index (χ4v) is 3.76. The molecule has 0 aliphatic heterocycles. The summed E-state index contributed by atoms with van der Waals surface area (Å²) in [6.07, 6.45) is 0.850. The van der Waals surface area contributed by atoms with Crippen molar-refractivity contribution < 1.29 is 4.74 Å². The van der Waals surface area contributed by atoms with Gasteiger partial charge in [0.25, 0.3) is 0 Å². The Morgan fingerprint density at radius 1 is 1.31 bits per heavy atom. The molecule has 2 nitrogen and oxygen atoms in total. The van der Waals surface area contributed by atoms with Gasteiger partial charge in [-0.25, -0.2) is 0 Å². The zero-order chi connectivity index (χ0) is 10.7. The van der Waals surface area contributed by atoms with Gasteiger partial charge in [0, 0.05) is 0 Å². The van der Waals surface area contributed by atoms with Crippen molar-refractivity contribution in [3.8, 4) is 6.07 Å². The molecule has 0 bridgehead atoms. The average molecular weight is 292 g/mol. The van der Waals surface area contributed by atoms with Gasteiger partial charge in [0.2, 0.25) is 0 Å². The van der Waals surface area contributed by atoms with Crippen molar-refractivity contribution in [2.45, 2.75) is 45.9 Å². The van der Waals surface area contributed by atoms with E-state index in [9.17, 15) is 0 Å². The van der Waals surface area contributed by atoms with E-state index in [4.69, 9.17) is 10.00 Å². The Hall–Kier alpha value is 0.268. The van der Waals surface area contributed by atoms with Crippen LogP contribution in [0.25, 0.3) is 0 Å². The SMILES string of the molecule is COC(C)(C)C[C](C)(C#N)[Sb]([CH3])[CH3]. The number of hydrogen-bond donors (Lipinski definition) is 0. The quantitative estimate of drug-likeness (QED) is 0.746. The molecule has 0 heterocycles. The Balaban J connectivity index is 4.57. The maximum atomic E-state index is 9.15. The van der Waals surface area contributed by atoms with Gasteiger partial charge < -0.3 is 0 Å². The van der Waals surface area contributed by atoms with Gasteiger partial charge in [0.15, 0.2) is 0 Å². The zero-order valence-corrected chi connectivity index (χ0v) is 12.1. The van der Waals surface area contributed by atoms with Gasteiger partial charge in [-0.05, 0) is 0 Å². The van der Waals surface area contributed by atoms with Gasteiger partial charge in [-0.2, -0.15) is 0 Å². The average Bonchev–Trinajstić information content (AvgIpc) is 2.03. The van der Waals surface area contributed by atoms with Crippen molar-refractivity contribution in [1.29, 1.82) is 5.26 Å². The van der Waals surface area contributed by atoms with E-state index in [-0.39, 0.29) is 8.96 Å². The Labute approximate surface area is 89.2 Å². The predicted octanol–water partition coefficient (Wildman–Crippen LogP) is 2.84. The fraction of sp³-hybridized carbons (Fsp3) is 0.900. The molecule has 0 saturated heterocycles. The van der Waals surface area contributed by atoms with Crippen molar-refractivity contribution in [2.24, 2.45) is 0 Å². The van der Waals surface area contributed by atoms with Crippen LogP contribution < -0.4 is 0 Å². The molecular weight excluding hydrogens is 272 g/mol. The van der Waals surface area contributed by atoms with Gasteiger partial charge in [0.05, 0.1) is 0 Å². The molecular formula is C10H20NOSb. The summed E-state index contributed by atoms with van der Waals surface area (Å²) in [5, 5.41) is 9.15. The first kappa shape index (κ1) is 13.3. The van der Waals surface area contributed by atoms with Crippen LogP contribution in [0, 0.1) is 11.3 Å². The standard InChI is InChI=1S/C8H14NO.2CH3.Sb/c1-7(6-9)5-8(2,3)10-4;;;/h5H2,1-4H3;2*1H3;. The molecule has 13 heavy (non-hydrogen) atoms. The zero-order valence-electron chi connectivity index (χ0n) is 9.51. The Kier molecular flexibility index (Phi) is 4.76. The van der Waals surface area contributed by atoms with Crippen LogP contribution in [0.15, 0.2) is 0 Å². The molecule has 0 spiro atoms. The molecule has 0 rings (SSSR count). The summed E-state index contributed by atoms with van der Waals surface area (Å²) < 4.78 is 5.25. The molecule has 0 N–H and O–H groups in total. The van der Waals surface area contributed by atoms with E-state index in [0.29, 0.717) is 0 Å². The molecule has 0 amide bonds. The third-order valence-electron chi connectivity index (χ3n) is 2.55. The third kappa shape index (κ3) is 3.88. The van der Waals surface area contributed by atoms with Gasteiger partial charge in [0.1, 0.15) is 0 Å². The minimum absolute atomic E-state index is 0.109. The third-order valence-corrected chi connectivity index (χ3v) is 8.92. The van der Waals surface area contributed by atoms with Crippen LogP contribution >= 0.6 is 0 Å². The topological polar surface area (TPSA) is 33.0 Å². The van der Waals surface area contributed by atoms with Crippen molar-refractivity contribution in [3.05, 3.63) is 0 Å². The number of hydrogen-bond acceptors (Lipinski definition) is 2. The van der Waals surface area contributed by atoms with E-state index in [1.54, 1.807) is 7.11 Å². The molecule has 1 unspecified atom stereocenters. The van der Waals surface area contributed by atoms with Crippen LogP contribution in [-0.2, 0) is 4.74 Å². The molecule has 76 valence electrons. The van der Waals surface area contributed by atoms with Crippen LogP contribution in [0.1, 0.15) is 27.2 Å². The van der Waals surface area contributed by atoms with Crippen LogP contribution in [0.3, 0.4) is 0 Å². The van der Waals surface area contributed by atoms with Crippen LogP contribution in [0.2, 0.25) is 13.1 Å². The minimum atomic E-state index is -1.37. The van der Waals surface area contributed by atoms with E-state index in [1.165, 1.54) is 0 Å². The fourth-order valence-electron chi connectivity index (χ4n) is 1.20. The molecule has 1 atom stereocenters. The second-order valence-electron chi connectivity index (χ2n) is 4.42. The number of nitrogens with zero attached hydrogens (tertiary/aromatic N) is 1. The number of nitriles is 1. The summed E-state index contributed by atoms with van der Waals surface area (Å²) in [6.45, 7) is 6.18. The number of methoxy groups -OCH3 is 1. The summed E-state index contributed by atoms with van der Waals surface area (Å²) in [6, 6.07) is 2.47. The van der Waals surface area contributed by atoms with Crippen molar-refractivity contribution in [2.75, 3.05) is 7.11 Å². The number of rotatable bonds is 4. The molecule has 0 radical (unpaired) electrons. The first-order valence-electron chi connectivity index (χ1n) is 4.41. The summed E-state index contributed by atoms with van der Waals surface area (Å²) in [5.41, 5.74) is -0.168. The van der Waals surface area contributed by atoms with Gasteiger partial charge in [-0.1, -0.05) is 0 Å². The maximum absolute atomic E-state index is 9.15. The summed E-state index contributed by atoms with van der Waals surface area (Å²) in [4.78, 5) is 4.52. The van der Waals surface area contributed by atoms with E-state index < -0.39 is 20.2 Å². The van der Waals surface area contributed by atoms with Crippen molar-refractivity contribution >= 4 is 20.2 Å². The Morgan fingerprint density at radius 3 is 2.00 bits per heavy atom. The second kappa shape index (κ2) is 4.67. The van der Waals surface area contributed by atoms with Crippen LogP contribution in [0.5, 0.6) is 0 Å². The van der Waals surface area contributed by atoms with E-state index >= 15 is 0 Å². The van der Waals surface area contributed by atoms with Crippen molar-refractivity contribution in [3.63, 3.8) is 0 Å². The van der Waals surface area contributed by atoms with E-state index in [2.05, 4.69) is 22.7 Å². The Bertz CT molecular complexity index is 207. The monoisotopic (exact) mass is 291 g/mol. The van der Waals surface area contributed by atoms with Gasteiger partial charge in [-0.15, -0.1) is 0 Å². The van der Waals surface area contributed by atoms with Crippen LogP contribution in [-0.4, -0.2) is 32.9 Å². The Morgan fingerprint density at radius 2 is 1.77 bits per heavy atom. The molecule has 0 aromatic rings. The second-order valence-corrected chi connectivity index (χ2v) is 12.3. The van der Waals surface area contributed by atoms with E-state index in [0.717, 1.165) is 6.42 Å². The molecule has 0 fully saturated rings. The first-order valence-corrected chi connectivity index (χ1v) is 10.8. The molecule has 0 aromatic carbocycles. The summed E-state index contributed by atoms with van der Waals surface area (Å²) in [5.74, 6) is 0. The molecule has 0 aliphatic rings. The summed E-state index contributed by atoms with van der Waals surface area (Å²) >= 11 is -1.37. The molecule has 0 aromatic heterocycles. The van der Waals surface area contributed by atoms with E-state index in [1.807, 2.05) is 13.8 Å². The predicted molar refractivity (Wildman–Crippen MR) is 57.2 cm³/mol. The molecule has 3 heteroatoms. The van der Waals surface area contributed by atoms with Gasteiger partial charge >= 0.3 is 89.3 Å². The van der Waals surface area contributed by atoms with Crippen molar-refractivity contribution in [1.82, 2.24) is 0 Å². The first-order chi connectivity index (χ1) is 5.77.